The Balaban J connectivity index is 1.64. The predicted molar refractivity (Wildman–Crippen MR) is 139 cm³/mol. The van der Waals surface area contributed by atoms with E-state index in [-0.39, 0.29) is 29.6 Å². The molecule has 0 saturated carbocycles. The van der Waals surface area contributed by atoms with Crippen molar-refractivity contribution in [3.05, 3.63) is 80.4 Å². The predicted octanol–water partition coefficient (Wildman–Crippen LogP) is 5.51. The highest BCUT2D eigenvalue weighted by molar-refractivity contribution is 6.35. The van der Waals surface area contributed by atoms with Crippen LogP contribution in [0.4, 0.5) is 13.6 Å². The molecule has 1 aliphatic rings. The molecule has 3 heterocycles. The van der Waals surface area contributed by atoms with Crippen molar-refractivity contribution in [2.24, 2.45) is 0 Å². The average molecular weight is 543 g/mol. The molecule has 198 valence electrons. The van der Waals surface area contributed by atoms with Crippen molar-refractivity contribution in [3.63, 3.8) is 0 Å². The summed E-state index contributed by atoms with van der Waals surface area (Å²) in [6.07, 6.45) is -0.641. The molecule has 2 aromatic heterocycles. The van der Waals surface area contributed by atoms with Gasteiger partial charge in [0.25, 0.3) is 11.5 Å². The van der Waals surface area contributed by atoms with Gasteiger partial charge in [0.1, 0.15) is 11.3 Å². The van der Waals surface area contributed by atoms with Crippen LogP contribution < -0.4 is 5.56 Å². The number of ether oxygens (including phenoxy) is 1. The van der Waals surface area contributed by atoms with Gasteiger partial charge in [0.15, 0.2) is 11.6 Å². The second-order valence-electron chi connectivity index (χ2n) is 10.3. The van der Waals surface area contributed by atoms with Crippen molar-refractivity contribution in [1.82, 2.24) is 19.8 Å². The molecular formula is C27H25ClF2N4O4. The standard InChI is InChI=1S/C27H25ClF2N4O4/c1-27(2,3)38-26(37)34-11-21-23(13-8-17(29)18(30)9-14(13)24(35)32-21)22(12-34)33(4)25(36)20-10-15-16(28)6-5-7-19(15)31-20/h5-10,22,31H,11-12H2,1-4H3,(H,32,35)/t22-/m0/s1. The Hall–Kier alpha value is -3.92. The van der Waals surface area contributed by atoms with Gasteiger partial charge in [-0.05, 0) is 56.5 Å². The molecule has 0 unspecified atom stereocenters. The summed E-state index contributed by atoms with van der Waals surface area (Å²) in [5.74, 6) is -2.72. The molecule has 0 bridgehead atoms. The zero-order chi connectivity index (χ0) is 27.5. The molecule has 0 saturated heterocycles. The van der Waals surface area contributed by atoms with E-state index in [1.54, 1.807) is 52.1 Å². The first-order chi connectivity index (χ1) is 17.8. The number of halogens is 3. The molecule has 0 aliphatic carbocycles. The first kappa shape index (κ1) is 25.7. The molecule has 1 aliphatic heterocycles. The first-order valence-corrected chi connectivity index (χ1v) is 12.3. The number of hydrogen-bond donors (Lipinski definition) is 2. The van der Waals surface area contributed by atoms with Crippen LogP contribution in [0.25, 0.3) is 21.7 Å². The normalized spacial score (nSPS) is 15.6. The molecule has 4 aromatic rings. The van der Waals surface area contributed by atoms with Gasteiger partial charge in [-0.3, -0.25) is 14.5 Å². The number of carbonyl (C=O) groups is 2. The van der Waals surface area contributed by atoms with Crippen LogP contribution in [-0.4, -0.2) is 51.0 Å². The molecule has 0 fully saturated rings. The number of H-pyrrole nitrogens is 2. The van der Waals surface area contributed by atoms with E-state index >= 15 is 0 Å². The third-order valence-electron chi connectivity index (χ3n) is 6.54. The van der Waals surface area contributed by atoms with Crippen molar-refractivity contribution < 1.29 is 23.1 Å². The minimum absolute atomic E-state index is 0.00865. The number of carbonyl (C=O) groups excluding carboxylic acids is 2. The van der Waals surface area contributed by atoms with Gasteiger partial charge in [-0.25, -0.2) is 13.6 Å². The van der Waals surface area contributed by atoms with Gasteiger partial charge in [-0.2, -0.15) is 0 Å². The molecule has 2 N–H and O–H groups in total. The third-order valence-corrected chi connectivity index (χ3v) is 6.87. The molecule has 8 nitrogen and oxygen atoms in total. The minimum Gasteiger partial charge on any atom is -0.444 e. The van der Waals surface area contributed by atoms with Crippen molar-refractivity contribution in [2.45, 2.75) is 39.0 Å². The Morgan fingerprint density at radius 2 is 1.76 bits per heavy atom. The van der Waals surface area contributed by atoms with E-state index < -0.39 is 40.8 Å². The quantitative estimate of drug-likeness (QED) is 0.349. The average Bonchev–Trinajstić information content (AvgIpc) is 3.28. The second-order valence-corrected chi connectivity index (χ2v) is 10.7. The number of nitrogens with zero attached hydrogens (tertiary/aromatic N) is 2. The van der Waals surface area contributed by atoms with Crippen molar-refractivity contribution in [1.29, 1.82) is 0 Å². The molecule has 5 rings (SSSR count). The maximum absolute atomic E-state index is 14.4. The summed E-state index contributed by atoms with van der Waals surface area (Å²) >= 11 is 6.28. The molecule has 0 spiro atoms. The summed E-state index contributed by atoms with van der Waals surface area (Å²) < 4.78 is 34.0. The van der Waals surface area contributed by atoms with E-state index in [0.29, 0.717) is 27.2 Å². The van der Waals surface area contributed by atoms with Gasteiger partial charge in [-0.15, -0.1) is 0 Å². The Bertz CT molecular complexity index is 1670. The van der Waals surface area contributed by atoms with Crippen LogP contribution in [0.2, 0.25) is 5.02 Å². The van der Waals surface area contributed by atoms with Gasteiger partial charge >= 0.3 is 6.09 Å². The lowest BCUT2D eigenvalue weighted by Crippen LogP contribution is -2.47. The Labute approximate surface area is 221 Å². The van der Waals surface area contributed by atoms with Crippen molar-refractivity contribution >= 4 is 45.3 Å². The number of hydrogen-bond acceptors (Lipinski definition) is 4. The fourth-order valence-electron chi connectivity index (χ4n) is 4.80. The first-order valence-electron chi connectivity index (χ1n) is 11.9. The van der Waals surface area contributed by atoms with E-state index in [2.05, 4.69) is 9.97 Å². The van der Waals surface area contributed by atoms with E-state index in [1.807, 2.05) is 0 Å². The third kappa shape index (κ3) is 4.49. The number of nitrogens with one attached hydrogen (secondary N) is 2. The Morgan fingerprint density at radius 1 is 1.08 bits per heavy atom. The zero-order valence-electron chi connectivity index (χ0n) is 21.1. The monoisotopic (exact) mass is 542 g/mol. The van der Waals surface area contributed by atoms with E-state index in [1.165, 1.54) is 9.80 Å². The van der Waals surface area contributed by atoms with Gasteiger partial charge in [-0.1, -0.05) is 17.7 Å². The Morgan fingerprint density at radius 3 is 2.42 bits per heavy atom. The SMILES string of the molecule is CN(C(=O)c1cc2c(Cl)cccc2[nH]1)[C@H]1CN(C(=O)OC(C)(C)C)Cc2[nH]c(=O)c3cc(F)c(F)cc3c21. The van der Waals surface area contributed by atoms with Crippen LogP contribution in [-0.2, 0) is 11.3 Å². The fourth-order valence-corrected chi connectivity index (χ4v) is 5.03. The Kier molecular flexibility index (Phi) is 6.18. The molecule has 38 heavy (non-hydrogen) atoms. The molecule has 11 heteroatoms. The summed E-state index contributed by atoms with van der Waals surface area (Å²) in [5.41, 5.74) is 0.216. The summed E-state index contributed by atoms with van der Waals surface area (Å²) in [6, 6.07) is 7.84. The molecule has 0 radical (unpaired) electrons. The fraction of sp³-hybridized carbons (Fsp3) is 0.296. The van der Waals surface area contributed by atoms with Crippen LogP contribution >= 0.6 is 11.6 Å². The molecule has 2 aromatic carbocycles. The van der Waals surface area contributed by atoms with Crippen LogP contribution in [0, 0.1) is 11.6 Å². The summed E-state index contributed by atoms with van der Waals surface area (Å²) in [7, 11) is 1.54. The number of pyridine rings is 1. The van der Waals surface area contributed by atoms with Crippen LogP contribution in [0.3, 0.4) is 0 Å². The largest absolute Gasteiger partial charge is 0.444 e. The summed E-state index contributed by atoms with van der Waals surface area (Å²) in [6.45, 7) is 5.12. The number of aromatic nitrogens is 2. The van der Waals surface area contributed by atoms with Gasteiger partial charge in [0, 0.05) is 40.8 Å². The van der Waals surface area contributed by atoms with Crippen LogP contribution in [0.5, 0.6) is 0 Å². The second kappa shape index (κ2) is 9.13. The topological polar surface area (TPSA) is 98.5 Å². The van der Waals surface area contributed by atoms with E-state index in [0.717, 1.165) is 12.1 Å². The molecule has 2 amide bonds. The van der Waals surface area contributed by atoms with Crippen molar-refractivity contribution in [3.8, 4) is 0 Å². The number of aromatic amines is 2. The van der Waals surface area contributed by atoms with Crippen molar-refractivity contribution in [2.75, 3.05) is 13.6 Å². The number of benzene rings is 2. The highest BCUT2D eigenvalue weighted by Crippen LogP contribution is 2.36. The smallest absolute Gasteiger partial charge is 0.410 e. The van der Waals surface area contributed by atoms with E-state index in [4.69, 9.17) is 16.3 Å². The maximum Gasteiger partial charge on any atom is 0.410 e. The van der Waals surface area contributed by atoms with Gasteiger partial charge in [0.2, 0.25) is 0 Å². The van der Waals surface area contributed by atoms with Crippen LogP contribution in [0.1, 0.15) is 48.6 Å². The molecular weight excluding hydrogens is 518 g/mol. The zero-order valence-corrected chi connectivity index (χ0v) is 21.9. The number of likely N-dealkylation sites (N-methyl/N-ethyl adjacent to an activating group) is 1. The van der Waals surface area contributed by atoms with Gasteiger partial charge < -0.3 is 19.6 Å². The molecule has 1 atom stereocenters. The van der Waals surface area contributed by atoms with Gasteiger partial charge in [0.05, 0.1) is 18.0 Å². The maximum atomic E-state index is 14.4. The highest BCUT2D eigenvalue weighted by Gasteiger charge is 2.37. The van der Waals surface area contributed by atoms with Crippen LogP contribution in [0.15, 0.2) is 41.2 Å². The number of amides is 2. The summed E-state index contributed by atoms with van der Waals surface area (Å²) in [4.78, 5) is 48.0. The minimum atomic E-state index is -1.16. The lowest BCUT2D eigenvalue weighted by molar-refractivity contribution is 0.0142. The lowest BCUT2D eigenvalue weighted by atomic mass is 9.92. The van der Waals surface area contributed by atoms with E-state index in [9.17, 15) is 23.2 Å². The highest BCUT2D eigenvalue weighted by atomic mass is 35.5. The number of fused-ring (bicyclic) bond motifs is 4. The lowest BCUT2D eigenvalue weighted by Gasteiger charge is -2.39. The summed E-state index contributed by atoms with van der Waals surface area (Å²) in [5, 5.41) is 1.24. The number of rotatable bonds is 2.